The van der Waals surface area contributed by atoms with Gasteiger partial charge in [-0.25, -0.2) is 4.40 Å². The predicted octanol–water partition coefficient (Wildman–Crippen LogP) is 0.967. The zero-order valence-electron chi connectivity index (χ0n) is 4.61. The van der Waals surface area contributed by atoms with Crippen molar-refractivity contribution >= 4 is 24.3 Å². The normalized spacial score (nSPS) is 16.6. The molecule has 0 aliphatic heterocycles. The van der Waals surface area contributed by atoms with Gasteiger partial charge in [-0.05, 0) is 37.1 Å². The standard InChI is InChI=1S/C6H5NOS/c8-6-3-1-5(7-9)2-4-6/h1-4,9H. The van der Waals surface area contributed by atoms with Gasteiger partial charge in [-0.3, -0.25) is 4.79 Å². The summed E-state index contributed by atoms with van der Waals surface area (Å²) in [6, 6.07) is 0. The van der Waals surface area contributed by atoms with Crippen molar-refractivity contribution in [1.82, 2.24) is 0 Å². The lowest BCUT2D eigenvalue weighted by Crippen LogP contribution is -1.97. The van der Waals surface area contributed by atoms with Crippen molar-refractivity contribution in [3.05, 3.63) is 24.3 Å². The third-order valence-electron chi connectivity index (χ3n) is 0.952. The number of rotatable bonds is 0. The van der Waals surface area contributed by atoms with E-state index >= 15 is 0 Å². The molecule has 2 nitrogen and oxygen atoms in total. The predicted molar refractivity (Wildman–Crippen MR) is 39.7 cm³/mol. The lowest BCUT2D eigenvalue weighted by molar-refractivity contribution is -0.110. The summed E-state index contributed by atoms with van der Waals surface area (Å²) in [5, 5.41) is 0. The topological polar surface area (TPSA) is 29.4 Å². The molecule has 1 rings (SSSR count). The molecule has 0 fully saturated rings. The van der Waals surface area contributed by atoms with Crippen molar-refractivity contribution in [3.63, 3.8) is 0 Å². The average molecular weight is 139 g/mol. The Kier molecular flexibility index (Phi) is 1.85. The summed E-state index contributed by atoms with van der Waals surface area (Å²) in [7, 11) is 0. The summed E-state index contributed by atoms with van der Waals surface area (Å²) in [5.74, 6) is -0.00395. The fourth-order valence-electron chi connectivity index (χ4n) is 0.513. The van der Waals surface area contributed by atoms with Crippen LogP contribution in [0.5, 0.6) is 0 Å². The molecule has 1 aliphatic carbocycles. The maximum Gasteiger partial charge on any atom is 0.178 e. The number of ketones is 1. The number of allylic oxidation sites excluding steroid dienone is 4. The van der Waals surface area contributed by atoms with E-state index in [9.17, 15) is 4.79 Å². The summed E-state index contributed by atoms with van der Waals surface area (Å²) in [4.78, 5) is 10.5. The van der Waals surface area contributed by atoms with Gasteiger partial charge >= 0.3 is 0 Å². The molecule has 9 heavy (non-hydrogen) atoms. The number of hydrogen-bond donors (Lipinski definition) is 1. The van der Waals surface area contributed by atoms with E-state index in [0.717, 1.165) is 0 Å². The Balaban J connectivity index is 2.82. The Morgan fingerprint density at radius 2 is 1.78 bits per heavy atom. The van der Waals surface area contributed by atoms with E-state index in [2.05, 4.69) is 17.2 Å². The van der Waals surface area contributed by atoms with Crippen molar-refractivity contribution in [2.45, 2.75) is 0 Å². The van der Waals surface area contributed by atoms with E-state index in [1.807, 2.05) is 0 Å². The molecular formula is C6H5NOS. The second kappa shape index (κ2) is 2.64. The van der Waals surface area contributed by atoms with Gasteiger partial charge in [-0.15, -0.1) is 0 Å². The van der Waals surface area contributed by atoms with Crippen molar-refractivity contribution < 1.29 is 4.79 Å². The van der Waals surface area contributed by atoms with Crippen LogP contribution in [0.25, 0.3) is 0 Å². The van der Waals surface area contributed by atoms with Crippen LogP contribution in [0.3, 0.4) is 0 Å². The highest BCUT2D eigenvalue weighted by Crippen LogP contribution is 1.95. The van der Waals surface area contributed by atoms with Gasteiger partial charge in [0.05, 0.1) is 5.71 Å². The lowest BCUT2D eigenvalue weighted by Gasteiger charge is -1.93. The molecule has 0 atom stereocenters. The molecule has 0 heterocycles. The molecule has 0 amide bonds. The van der Waals surface area contributed by atoms with Crippen LogP contribution in [-0.2, 0) is 4.79 Å². The molecule has 0 bridgehead atoms. The largest absolute Gasteiger partial charge is 0.290 e. The van der Waals surface area contributed by atoms with E-state index in [1.54, 1.807) is 12.2 Å². The summed E-state index contributed by atoms with van der Waals surface area (Å²) in [5.41, 5.74) is 0.706. The van der Waals surface area contributed by atoms with Gasteiger partial charge in [0, 0.05) is 0 Å². The van der Waals surface area contributed by atoms with E-state index in [4.69, 9.17) is 0 Å². The minimum Gasteiger partial charge on any atom is -0.290 e. The average Bonchev–Trinajstić information content (AvgIpc) is 1.90. The third kappa shape index (κ3) is 1.54. The number of hydrogen-bond acceptors (Lipinski definition) is 3. The Morgan fingerprint density at radius 3 is 2.22 bits per heavy atom. The summed E-state index contributed by atoms with van der Waals surface area (Å²) in [6.45, 7) is 0. The quantitative estimate of drug-likeness (QED) is 0.393. The van der Waals surface area contributed by atoms with Gasteiger partial charge < -0.3 is 0 Å². The second-order valence-electron chi connectivity index (χ2n) is 1.59. The molecule has 0 aromatic heterocycles. The van der Waals surface area contributed by atoms with Crippen LogP contribution in [0.15, 0.2) is 28.7 Å². The molecule has 0 aromatic rings. The minimum absolute atomic E-state index is 0.00395. The molecule has 46 valence electrons. The third-order valence-corrected chi connectivity index (χ3v) is 1.18. The van der Waals surface area contributed by atoms with Crippen LogP contribution in [0.4, 0.5) is 0 Å². The number of carbonyl (C=O) groups excluding carboxylic acids is 1. The van der Waals surface area contributed by atoms with E-state index in [-0.39, 0.29) is 5.78 Å². The monoisotopic (exact) mass is 139 g/mol. The van der Waals surface area contributed by atoms with Crippen LogP contribution in [0, 0.1) is 0 Å². The van der Waals surface area contributed by atoms with Crippen LogP contribution < -0.4 is 0 Å². The first-order valence-electron chi connectivity index (χ1n) is 2.45. The van der Waals surface area contributed by atoms with Gasteiger partial charge in [-0.1, -0.05) is 0 Å². The molecule has 0 saturated heterocycles. The number of thiol groups is 1. The fraction of sp³-hybridized carbons (Fsp3) is 0. The maximum absolute atomic E-state index is 10.5. The van der Waals surface area contributed by atoms with Crippen LogP contribution in [0.2, 0.25) is 0 Å². The van der Waals surface area contributed by atoms with Crippen LogP contribution in [-0.4, -0.2) is 11.5 Å². The Labute approximate surface area is 58.5 Å². The maximum atomic E-state index is 10.5. The highest BCUT2D eigenvalue weighted by Gasteiger charge is 1.96. The first-order chi connectivity index (χ1) is 4.33. The van der Waals surface area contributed by atoms with Gasteiger partial charge in [0.1, 0.15) is 0 Å². The van der Waals surface area contributed by atoms with Crippen molar-refractivity contribution in [2.75, 3.05) is 0 Å². The molecule has 0 N–H and O–H groups in total. The highest BCUT2D eigenvalue weighted by molar-refractivity contribution is 7.79. The van der Waals surface area contributed by atoms with Gasteiger partial charge in [0.25, 0.3) is 0 Å². The summed E-state index contributed by atoms with van der Waals surface area (Å²) >= 11 is 3.67. The number of carbonyl (C=O) groups is 1. The molecule has 3 heteroatoms. The summed E-state index contributed by atoms with van der Waals surface area (Å²) in [6.07, 6.45) is 6.15. The smallest absolute Gasteiger partial charge is 0.178 e. The first kappa shape index (κ1) is 6.29. The molecule has 0 radical (unpaired) electrons. The zero-order chi connectivity index (χ0) is 6.69. The van der Waals surface area contributed by atoms with E-state index in [1.165, 1.54) is 12.2 Å². The van der Waals surface area contributed by atoms with Crippen molar-refractivity contribution in [3.8, 4) is 0 Å². The minimum atomic E-state index is -0.00395. The molecule has 0 saturated carbocycles. The second-order valence-corrected chi connectivity index (χ2v) is 1.79. The molecule has 0 aromatic carbocycles. The summed E-state index contributed by atoms with van der Waals surface area (Å²) < 4.78 is 3.57. The fourth-order valence-corrected chi connectivity index (χ4v) is 0.646. The Bertz CT molecular complexity index is 197. The van der Waals surface area contributed by atoms with Gasteiger partial charge in [-0.2, -0.15) is 0 Å². The van der Waals surface area contributed by atoms with Crippen LogP contribution in [0.1, 0.15) is 0 Å². The zero-order valence-corrected chi connectivity index (χ0v) is 5.51. The van der Waals surface area contributed by atoms with E-state index < -0.39 is 0 Å². The molecule has 0 unspecified atom stereocenters. The lowest BCUT2D eigenvalue weighted by atomic mass is 10.2. The Hall–Kier alpha value is -0.830. The van der Waals surface area contributed by atoms with Gasteiger partial charge in [0.2, 0.25) is 0 Å². The van der Waals surface area contributed by atoms with E-state index in [0.29, 0.717) is 5.71 Å². The molecule has 0 spiro atoms. The van der Waals surface area contributed by atoms with Crippen LogP contribution >= 0.6 is 12.8 Å². The molecule has 1 aliphatic rings. The Morgan fingerprint density at radius 1 is 1.22 bits per heavy atom. The highest BCUT2D eigenvalue weighted by atomic mass is 32.1. The van der Waals surface area contributed by atoms with Crippen molar-refractivity contribution in [1.29, 1.82) is 0 Å². The number of nitrogens with zero attached hydrogens (tertiary/aromatic N) is 1. The van der Waals surface area contributed by atoms with Crippen molar-refractivity contribution in [2.24, 2.45) is 4.40 Å². The SMILES string of the molecule is O=C1C=CC(=NS)C=C1. The first-order valence-corrected chi connectivity index (χ1v) is 2.85. The van der Waals surface area contributed by atoms with Gasteiger partial charge in [0.15, 0.2) is 5.78 Å². The molecular weight excluding hydrogens is 134 g/mol.